The van der Waals surface area contributed by atoms with Gasteiger partial charge in [0.2, 0.25) is 0 Å². The summed E-state index contributed by atoms with van der Waals surface area (Å²) in [6, 6.07) is 8.14. The van der Waals surface area contributed by atoms with Crippen LogP contribution >= 0.6 is 0 Å². The van der Waals surface area contributed by atoms with Gasteiger partial charge >= 0.3 is 0 Å². The van der Waals surface area contributed by atoms with Crippen LogP contribution in [0.15, 0.2) is 24.3 Å². The molecule has 19 heavy (non-hydrogen) atoms. The maximum absolute atomic E-state index is 13.8. The number of hydrogen-bond acceptors (Lipinski definition) is 2. The van der Waals surface area contributed by atoms with Gasteiger partial charge in [-0.2, -0.15) is 0 Å². The smallest absolute Gasteiger partial charge is 0.127 e. The summed E-state index contributed by atoms with van der Waals surface area (Å²) in [6.07, 6.45) is 3.93. The predicted octanol–water partition coefficient (Wildman–Crippen LogP) is 2.96. The lowest BCUT2D eigenvalue weighted by atomic mass is 10.1. The van der Waals surface area contributed by atoms with Gasteiger partial charge in [-0.05, 0) is 51.3 Å². The molecule has 2 unspecified atom stereocenters. The van der Waals surface area contributed by atoms with Crippen molar-refractivity contribution in [3.05, 3.63) is 35.6 Å². The Kier molecular flexibility index (Phi) is 3.85. The van der Waals surface area contributed by atoms with E-state index in [4.69, 9.17) is 0 Å². The van der Waals surface area contributed by atoms with Gasteiger partial charge in [-0.15, -0.1) is 0 Å². The second kappa shape index (κ2) is 5.59. The minimum absolute atomic E-state index is 0.0745. The highest BCUT2D eigenvalue weighted by atomic mass is 19.1. The molecule has 2 aliphatic rings. The first-order valence-corrected chi connectivity index (χ1v) is 7.46. The van der Waals surface area contributed by atoms with Gasteiger partial charge in [0.1, 0.15) is 5.82 Å². The predicted molar refractivity (Wildman–Crippen MR) is 75.5 cm³/mol. The van der Waals surface area contributed by atoms with Crippen molar-refractivity contribution in [1.82, 2.24) is 10.2 Å². The van der Waals surface area contributed by atoms with E-state index < -0.39 is 0 Å². The van der Waals surface area contributed by atoms with E-state index in [9.17, 15) is 4.39 Å². The minimum atomic E-state index is -0.0745. The van der Waals surface area contributed by atoms with Crippen molar-refractivity contribution in [3.63, 3.8) is 0 Å². The molecule has 1 aliphatic heterocycles. The molecule has 2 fully saturated rings. The Morgan fingerprint density at radius 2 is 2.11 bits per heavy atom. The molecule has 0 bridgehead atoms. The molecule has 1 saturated carbocycles. The fourth-order valence-electron chi connectivity index (χ4n) is 3.01. The summed E-state index contributed by atoms with van der Waals surface area (Å²) < 4.78 is 13.8. The molecule has 1 aromatic rings. The highest BCUT2D eigenvalue weighted by Gasteiger charge is 2.29. The van der Waals surface area contributed by atoms with Crippen LogP contribution in [0.3, 0.4) is 0 Å². The lowest BCUT2D eigenvalue weighted by molar-refractivity contribution is 0.246. The largest absolute Gasteiger partial charge is 0.314 e. The number of rotatable bonds is 5. The monoisotopic (exact) mass is 262 g/mol. The third kappa shape index (κ3) is 3.15. The second-order valence-electron chi connectivity index (χ2n) is 6.03. The molecule has 0 spiro atoms. The van der Waals surface area contributed by atoms with Gasteiger partial charge in [-0.1, -0.05) is 18.2 Å². The third-order valence-electron chi connectivity index (χ3n) is 4.49. The van der Waals surface area contributed by atoms with Gasteiger partial charge in [-0.3, -0.25) is 4.90 Å². The van der Waals surface area contributed by atoms with Crippen LogP contribution in [-0.2, 0) is 0 Å². The van der Waals surface area contributed by atoms with Crippen molar-refractivity contribution in [3.8, 4) is 0 Å². The zero-order valence-corrected chi connectivity index (χ0v) is 11.6. The first kappa shape index (κ1) is 13.1. The van der Waals surface area contributed by atoms with E-state index in [1.165, 1.54) is 19.3 Å². The average Bonchev–Trinajstić information content (AvgIpc) is 3.13. The summed E-state index contributed by atoms with van der Waals surface area (Å²) >= 11 is 0. The van der Waals surface area contributed by atoms with Crippen molar-refractivity contribution in [1.29, 1.82) is 0 Å². The van der Waals surface area contributed by atoms with E-state index in [1.807, 2.05) is 12.1 Å². The van der Waals surface area contributed by atoms with E-state index in [0.717, 1.165) is 37.2 Å². The van der Waals surface area contributed by atoms with Gasteiger partial charge in [0.15, 0.2) is 0 Å². The molecule has 3 rings (SSSR count). The Morgan fingerprint density at radius 1 is 1.32 bits per heavy atom. The van der Waals surface area contributed by atoms with Crippen LogP contribution in [0.1, 0.15) is 37.8 Å². The lowest BCUT2D eigenvalue weighted by Crippen LogP contribution is -2.29. The molecule has 1 saturated heterocycles. The van der Waals surface area contributed by atoms with Crippen LogP contribution in [-0.4, -0.2) is 30.6 Å². The van der Waals surface area contributed by atoms with E-state index >= 15 is 0 Å². The Balaban J connectivity index is 1.56. The Morgan fingerprint density at radius 3 is 2.84 bits per heavy atom. The van der Waals surface area contributed by atoms with Crippen LogP contribution in [0.5, 0.6) is 0 Å². The second-order valence-corrected chi connectivity index (χ2v) is 6.03. The number of hydrogen-bond donors (Lipinski definition) is 1. The highest BCUT2D eigenvalue weighted by molar-refractivity contribution is 5.21. The zero-order chi connectivity index (χ0) is 13.2. The van der Waals surface area contributed by atoms with Crippen LogP contribution in [0.4, 0.5) is 4.39 Å². The maximum Gasteiger partial charge on any atom is 0.127 e. The van der Waals surface area contributed by atoms with Crippen LogP contribution < -0.4 is 5.32 Å². The lowest BCUT2D eigenvalue weighted by Gasteiger charge is -2.25. The van der Waals surface area contributed by atoms with Crippen LogP contribution in [0.25, 0.3) is 0 Å². The Labute approximate surface area is 115 Å². The molecular formula is C16H23FN2. The van der Waals surface area contributed by atoms with Crippen LogP contribution in [0, 0.1) is 11.7 Å². The van der Waals surface area contributed by atoms with Crippen molar-refractivity contribution in [2.24, 2.45) is 5.92 Å². The topological polar surface area (TPSA) is 15.3 Å². The molecule has 0 aromatic heterocycles. The molecule has 0 amide bonds. The minimum Gasteiger partial charge on any atom is -0.314 e. The van der Waals surface area contributed by atoms with Crippen molar-refractivity contribution in [2.45, 2.75) is 38.3 Å². The summed E-state index contributed by atoms with van der Waals surface area (Å²) in [4.78, 5) is 2.41. The summed E-state index contributed by atoms with van der Waals surface area (Å²) in [6.45, 7) is 5.43. The molecule has 104 valence electrons. The van der Waals surface area contributed by atoms with Crippen molar-refractivity contribution < 1.29 is 4.39 Å². The molecule has 1 aromatic carbocycles. The SMILES string of the molecule is CC(c1ccccc1F)N1CCC(CNC2CC2)C1. The molecule has 3 heteroatoms. The summed E-state index contributed by atoms with van der Waals surface area (Å²) in [5.41, 5.74) is 0.832. The summed E-state index contributed by atoms with van der Waals surface area (Å²) in [5.74, 6) is 0.657. The van der Waals surface area contributed by atoms with Gasteiger partial charge < -0.3 is 5.32 Å². The molecule has 1 aliphatic carbocycles. The number of halogens is 1. The normalized spacial score (nSPS) is 25.7. The average molecular weight is 262 g/mol. The maximum atomic E-state index is 13.8. The molecule has 1 N–H and O–H groups in total. The molecule has 2 atom stereocenters. The van der Waals surface area contributed by atoms with Gasteiger partial charge in [0, 0.05) is 24.2 Å². The van der Waals surface area contributed by atoms with E-state index in [0.29, 0.717) is 0 Å². The van der Waals surface area contributed by atoms with E-state index in [1.54, 1.807) is 12.1 Å². The fraction of sp³-hybridized carbons (Fsp3) is 0.625. The van der Waals surface area contributed by atoms with Crippen molar-refractivity contribution >= 4 is 0 Å². The van der Waals surface area contributed by atoms with Gasteiger partial charge in [0.05, 0.1) is 0 Å². The molecule has 0 radical (unpaired) electrons. The Hall–Kier alpha value is -0.930. The van der Waals surface area contributed by atoms with Crippen molar-refractivity contribution in [2.75, 3.05) is 19.6 Å². The highest BCUT2D eigenvalue weighted by Crippen LogP contribution is 2.29. The molecular weight excluding hydrogens is 239 g/mol. The quantitative estimate of drug-likeness (QED) is 0.877. The first-order valence-electron chi connectivity index (χ1n) is 7.46. The van der Waals surface area contributed by atoms with E-state index in [2.05, 4.69) is 17.1 Å². The van der Waals surface area contributed by atoms with Crippen LogP contribution in [0.2, 0.25) is 0 Å². The number of nitrogens with one attached hydrogen (secondary N) is 1. The fourth-order valence-corrected chi connectivity index (χ4v) is 3.01. The third-order valence-corrected chi connectivity index (χ3v) is 4.49. The van der Waals surface area contributed by atoms with Gasteiger partial charge in [-0.25, -0.2) is 4.39 Å². The van der Waals surface area contributed by atoms with Gasteiger partial charge in [0.25, 0.3) is 0 Å². The number of benzene rings is 1. The summed E-state index contributed by atoms with van der Waals surface area (Å²) in [5, 5.41) is 3.61. The molecule has 1 heterocycles. The van der Waals surface area contributed by atoms with E-state index in [-0.39, 0.29) is 11.9 Å². The first-order chi connectivity index (χ1) is 9.24. The standard InChI is InChI=1S/C16H23FN2/c1-12(15-4-2-3-5-16(15)17)19-9-8-13(11-19)10-18-14-6-7-14/h2-5,12-14,18H,6-11H2,1H3. The molecule has 2 nitrogen and oxygen atoms in total. The Bertz CT molecular complexity index is 431. The number of likely N-dealkylation sites (tertiary alicyclic amines) is 1. The summed E-state index contributed by atoms with van der Waals surface area (Å²) in [7, 11) is 0. The number of nitrogens with zero attached hydrogens (tertiary/aromatic N) is 1. The zero-order valence-electron chi connectivity index (χ0n) is 11.6.